The Labute approximate surface area is 142 Å². The van der Waals surface area contributed by atoms with E-state index in [4.69, 9.17) is 9.26 Å². The molecule has 1 amide bonds. The van der Waals surface area contributed by atoms with Crippen molar-refractivity contribution in [3.63, 3.8) is 0 Å². The standard InChI is InChI=1S/C18H26N2O4/c1-18(2,3)11-7-8-14-12(10-11)15(19-24-14)16(21)20-9-5-6-13(20)17(22)23-4/h11,13H,5-10H2,1-4H3/t11-,13-/m1/s1. The van der Waals surface area contributed by atoms with Crippen molar-refractivity contribution in [2.75, 3.05) is 13.7 Å². The van der Waals surface area contributed by atoms with Gasteiger partial charge in [0, 0.05) is 18.5 Å². The Bertz CT molecular complexity index is 644. The number of rotatable bonds is 2. The van der Waals surface area contributed by atoms with Crippen molar-refractivity contribution in [3.8, 4) is 0 Å². The predicted octanol–water partition coefficient (Wildman–Crippen LogP) is 2.60. The molecule has 2 heterocycles. The van der Waals surface area contributed by atoms with Gasteiger partial charge in [0.25, 0.3) is 5.91 Å². The lowest BCUT2D eigenvalue weighted by atomic mass is 9.71. The molecular weight excluding hydrogens is 308 g/mol. The molecule has 1 saturated heterocycles. The number of aryl methyl sites for hydroxylation is 1. The summed E-state index contributed by atoms with van der Waals surface area (Å²) in [4.78, 5) is 26.5. The second-order valence-electron chi connectivity index (χ2n) is 7.92. The summed E-state index contributed by atoms with van der Waals surface area (Å²) in [5.41, 5.74) is 1.49. The highest BCUT2D eigenvalue weighted by molar-refractivity contribution is 5.96. The van der Waals surface area contributed by atoms with Gasteiger partial charge in [0.15, 0.2) is 5.69 Å². The highest BCUT2D eigenvalue weighted by Crippen LogP contribution is 2.38. The zero-order valence-corrected chi connectivity index (χ0v) is 14.9. The van der Waals surface area contributed by atoms with Crippen LogP contribution in [0.25, 0.3) is 0 Å². The van der Waals surface area contributed by atoms with E-state index in [1.54, 1.807) is 4.90 Å². The fraction of sp³-hybridized carbons (Fsp3) is 0.722. The van der Waals surface area contributed by atoms with Crippen LogP contribution >= 0.6 is 0 Å². The van der Waals surface area contributed by atoms with Gasteiger partial charge in [-0.2, -0.15) is 0 Å². The maximum atomic E-state index is 13.0. The van der Waals surface area contributed by atoms with Crippen molar-refractivity contribution < 1.29 is 18.8 Å². The second-order valence-corrected chi connectivity index (χ2v) is 7.92. The molecule has 1 fully saturated rings. The average molecular weight is 334 g/mol. The highest BCUT2D eigenvalue weighted by Gasteiger charge is 2.40. The van der Waals surface area contributed by atoms with Crippen molar-refractivity contribution in [1.29, 1.82) is 0 Å². The van der Waals surface area contributed by atoms with Crippen LogP contribution in [0, 0.1) is 11.3 Å². The molecule has 3 rings (SSSR count). The maximum absolute atomic E-state index is 13.0. The monoisotopic (exact) mass is 334 g/mol. The van der Waals surface area contributed by atoms with E-state index in [9.17, 15) is 9.59 Å². The van der Waals surface area contributed by atoms with Crippen molar-refractivity contribution in [1.82, 2.24) is 10.1 Å². The molecule has 1 aromatic heterocycles. The van der Waals surface area contributed by atoms with Crippen LogP contribution in [0.5, 0.6) is 0 Å². The van der Waals surface area contributed by atoms with Gasteiger partial charge in [-0.05, 0) is 37.0 Å². The quantitative estimate of drug-likeness (QED) is 0.777. The van der Waals surface area contributed by atoms with Crippen LogP contribution in [0.3, 0.4) is 0 Å². The first-order valence-corrected chi connectivity index (χ1v) is 8.69. The number of hydrogen-bond acceptors (Lipinski definition) is 5. The fourth-order valence-corrected chi connectivity index (χ4v) is 3.84. The first kappa shape index (κ1) is 17.0. The molecular formula is C18H26N2O4. The minimum absolute atomic E-state index is 0.178. The van der Waals surface area contributed by atoms with Gasteiger partial charge in [0.1, 0.15) is 11.8 Å². The Morgan fingerprint density at radius 1 is 1.29 bits per heavy atom. The molecule has 2 atom stereocenters. The lowest BCUT2D eigenvalue weighted by Crippen LogP contribution is -2.41. The third-order valence-corrected chi connectivity index (χ3v) is 5.45. The lowest BCUT2D eigenvalue weighted by Gasteiger charge is -2.33. The van der Waals surface area contributed by atoms with Gasteiger partial charge in [-0.1, -0.05) is 25.9 Å². The number of hydrogen-bond donors (Lipinski definition) is 0. The SMILES string of the molecule is COC(=O)[C@H]1CCCN1C(=O)c1noc2c1C[C@H](C(C)(C)C)CC2. The number of fused-ring (bicyclic) bond motifs is 1. The van der Waals surface area contributed by atoms with Gasteiger partial charge in [0.05, 0.1) is 7.11 Å². The van der Waals surface area contributed by atoms with E-state index in [2.05, 4.69) is 25.9 Å². The molecule has 0 aromatic carbocycles. The summed E-state index contributed by atoms with van der Waals surface area (Å²) in [6.45, 7) is 7.24. The second kappa shape index (κ2) is 6.22. The molecule has 6 nitrogen and oxygen atoms in total. The first-order chi connectivity index (χ1) is 11.3. The zero-order chi connectivity index (χ0) is 17.5. The Balaban J connectivity index is 1.85. The van der Waals surface area contributed by atoms with Crippen molar-refractivity contribution in [2.45, 2.75) is 58.9 Å². The Morgan fingerprint density at radius 3 is 2.71 bits per heavy atom. The molecule has 0 saturated carbocycles. The van der Waals surface area contributed by atoms with Crippen LogP contribution in [0.1, 0.15) is 61.8 Å². The number of aromatic nitrogens is 1. The van der Waals surface area contributed by atoms with Gasteiger partial charge in [-0.15, -0.1) is 0 Å². The van der Waals surface area contributed by atoms with E-state index in [0.29, 0.717) is 24.6 Å². The molecule has 1 aromatic rings. The minimum Gasteiger partial charge on any atom is -0.467 e. The molecule has 6 heteroatoms. The summed E-state index contributed by atoms with van der Waals surface area (Å²) in [6.07, 6.45) is 4.12. The predicted molar refractivity (Wildman–Crippen MR) is 87.5 cm³/mol. The van der Waals surface area contributed by atoms with Crippen LogP contribution in [0.15, 0.2) is 4.52 Å². The first-order valence-electron chi connectivity index (χ1n) is 8.69. The van der Waals surface area contributed by atoms with E-state index in [0.717, 1.165) is 37.0 Å². The molecule has 1 aliphatic carbocycles. The number of nitrogens with zero attached hydrogens (tertiary/aromatic N) is 2. The van der Waals surface area contributed by atoms with E-state index >= 15 is 0 Å². The molecule has 132 valence electrons. The number of ether oxygens (including phenoxy) is 1. The number of likely N-dealkylation sites (tertiary alicyclic amines) is 1. The van der Waals surface area contributed by atoms with Crippen LogP contribution < -0.4 is 0 Å². The summed E-state index contributed by atoms with van der Waals surface area (Å²) in [5.74, 6) is 0.756. The van der Waals surface area contributed by atoms with Gasteiger partial charge in [0.2, 0.25) is 0 Å². The molecule has 2 aliphatic rings. The third kappa shape index (κ3) is 2.94. The van der Waals surface area contributed by atoms with Gasteiger partial charge < -0.3 is 14.2 Å². The average Bonchev–Trinajstić information content (AvgIpc) is 3.18. The molecule has 0 spiro atoms. The van der Waals surface area contributed by atoms with E-state index in [1.807, 2.05) is 0 Å². The summed E-state index contributed by atoms with van der Waals surface area (Å²) in [5, 5.41) is 4.06. The molecule has 0 radical (unpaired) electrons. The van der Waals surface area contributed by atoms with Crippen LogP contribution in [0.2, 0.25) is 0 Å². The normalized spacial score (nSPS) is 23.9. The number of carbonyl (C=O) groups is 2. The number of esters is 1. The Morgan fingerprint density at radius 2 is 2.04 bits per heavy atom. The fourth-order valence-electron chi connectivity index (χ4n) is 3.84. The number of carbonyl (C=O) groups excluding carboxylic acids is 2. The van der Waals surface area contributed by atoms with Crippen LogP contribution in [-0.2, 0) is 22.4 Å². The molecule has 1 aliphatic heterocycles. The summed E-state index contributed by atoms with van der Waals surface area (Å²) in [6, 6.07) is -0.503. The zero-order valence-electron chi connectivity index (χ0n) is 14.9. The number of methoxy groups -OCH3 is 1. The van der Waals surface area contributed by atoms with Crippen molar-refractivity contribution >= 4 is 11.9 Å². The molecule has 0 unspecified atom stereocenters. The topological polar surface area (TPSA) is 72.6 Å². The third-order valence-electron chi connectivity index (χ3n) is 5.45. The lowest BCUT2D eigenvalue weighted by molar-refractivity contribution is -0.145. The molecule has 24 heavy (non-hydrogen) atoms. The van der Waals surface area contributed by atoms with Crippen molar-refractivity contribution in [2.24, 2.45) is 11.3 Å². The smallest absolute Gasteiger partial charge is 0.328 e. The summed E-state index contributed by atoms with van der Waals surface area (Å²) >= 11 is 0. The van der Waals surface area contributed by atoms with Gasteiger partial charge in [-0.25, -0.2) is 4.79 Å². The highest BCUT2D eigenvalue weighted by atomic mass is 16.5. The van der Waals surface area contributed by atoms with Crippen LogP contribution in [-0.4, -0.2) is 41.6 Å². The molecule has 0 N–H and O–H groups in total. The van der Waals surface area contributed by atoms with E-state index in [1.165, 1.54) is 7.11 Å². The van der Waals surface area contributed by atoms with E-state index < -0.39 is 6.04 Å². The Hall–Kier alpha value is -1.85. The molecule has 0 bridgehead atoms. The van der Waals surface area contributed by atoms with Gasteiger partial charge >= 0.3 is 5.97 Å². The van der Waals surface area contributed by atoms with Crippen molar-refractivity contribution in [3.05, 3.63) is 17.0 Å². The van der Waals surface area contributed by atoms with Crippen LogP contribution in [0.4, 0.5) is 0 Å². The minimum atomic E-state index is -0.503. The largest absolute Gasteiger partial charge is 0.467 e. The Kier molecular flexibility index (Phi) is 4.40. The maximum Gasteiger partial charge on any atom is 0.328 e. The van der Waals surface area contributed by atoms with Gasteiger partial charge in [-0.3, -0.25) is 4.79 Å². The van der Waals surface area contributed by atoms with E-state index in [-0.39, 0.29) is 17.3 Å². The summed E-state index contributed by atoms with van der Waals surface area (Å²) < 4.78 is 10.3. The number of amides is 1. The summed E-state index contributed by atoms with van der Waals surface area (Å²) in [7, 11) is 1.36.